The van der Waals surface area contributed by atoms with Gasteiger partial charge < -0.3 is 10.6 Å². The SMILES string of the molecule is Nc1ccc(N(c2ccccc2)c2ccccc2)cc1.c1ccccc1. The highest BCUT2D eigenvalue weighted by atomic mass is 15.1. The molecule has 2 nitrogen and oxygen atoms in total. The van der Waals surface area contributed by atoms with E-state index in [-0.39, 0.29) is 0 Å². The second kappa shape index (κ2) is 9.09. The molecular formula is C24H22N2. The van der Waals surface area contributed by atoms with E-state index in [2.05, 4.69) is 29.2 Å². The van der Waals surface area contributed by atoms with E-state index >= 15 is 0 Å². The second-order valence-corrected chi connectivity index (χ2v) is 5.75. The smallest absolute Gasteiger partial charge is 0.0463 e. The van der Waals surface area contributed by atoms with Gasteiger partial charge in [0.15, 0.2) is 0 Å². The summed E-state index contributed by atoms with van der Waals surface area (Å²) in [5.74, 6) is 0. The fraction of sp³-hybridized carbons (Fsp3) is 0. The van der Waals surface area contributed by atoms with Gasteiger partial charge >= 0.3 is 0 Å². The molecule has 0 aliphatic heterocycles. The van der Waals surface area contributed by atoms with Crippen LogP contribution < -0.4 is 10.6 Å². The zero-order chi connectivity index (χ0) is 18.0. The van der Waals surface area contributed by atoms with Crippen LogP contribution in [0.15, 0.2) is 121 Å². The third-order valence-corrected chi connectivity index (χ3v) is 3.85. The number of nitrogens with zero attached hydrogens (tertiary/aromatic N) is 1. The first-order valence-electron chi connectivity index (χ1n) is 8.60. The van der Waals surface area contributed by atoms with Crippen LogP contribution in [0.2, 0.25) is 0 Å². The second-order valence-electron chi connectivity index (χ2n) is 5.75. The summed E-state index contributed by atoms with van der Waals surface area (Å²) in [6, 6.07) is 40.5. The fourth-order valence-electron chi connectivity index (χ4n) is 2.61. The molecule has 4 aromatic carbocycles. The van der Waals surface area contributed by atoms with Gasteiger partial charge in [0.2, 0.25) is 0 Å². The molecule has 0 aliphatic rings. The van der Waals surface area contributed by atoms with Gasteiger partial charge in [0.1, 0.15) is 0 Å². The molecule has 0 fully saturated rings. The van der Waals surface area contributed by atoms with Crippen LogP contribution in [-0.4, -0.2) is 0 Å². The Morgan fingerprint density at radius 1 is 0.385 bits per heavy atom. The van der Waals surface area contributed by atoms with Crippen molar-refractivity contribution in [1.29, 1.82) is 0 Å². The zero-order valence-electron chi connectivity index (χ0n) is 14.6. The molecule has 0 aromatic heterocycles. The van der Waals surface area contributed by atoms with Crippen LogP contribution in [0.1, 0.15) is 0 Å². The normalized spacial score (nSPS) is 9.69. The molecule has 0 bridgehead atoms. The van der Waals surface area contributed by atoms with E-state index in [9.17, 15) is 0 Å². The third kappa shape index (κ3) is 4.74. The van der Waals surface area contributed by atoms with Gasteiger partial charge in [-0.3, -0.25) is 0 Å². The van der Waals surface area contributed by atoms with Gasteiger partial charge in [-0.25, -0.2) is 0 Å². The maximum Gasteiger partial charge on any atom is 0.0463 e. The first-order chi connectivity index (χ1) is 12.8. The topological polar surface area (TPSA) is 29.3 Å². The number of nitrogens with two attached hydrogens (primary N) is 1. The first-order valence-corrected chi connectivity index (χ1v) is 8.60. The molecule has 0 saturated heterocycles. The van der Waals surface area contributed by atoms with Crippen LogP contribution in [0, 0.1) is 0 Å². The van der Waals surface area contributed by atoms with Gasteiger partial charge in [-0.2, -0.15) is 0 Å². The molecule has 0 radical (unpaired) electrons. The summed E-state index contributed by atoms with van der Waals surface area (Å²) < 4.78 is 0. The average Bonchev–Trinajstić information content (AvgIpc) is 2.73. The largest absolute Gasteiger partial charge is 0.399 e. The van der Waals surface area contributed by atoms with Crippen molar-refractivity contribution >= 4 is 22.7 Å². The third-order valence-electron chi connectivity index (χ3n) is 3.85. The summed E-state index contributed by atoms with van der Waals surface area (Å²) in [6.07, 6.45) is 0. The highest BCUT2D eigenvalue weighted by Gasteiger charge is 2.10. The maximum absolute atomic E-state index is 5.79. The van der Waals surface area contributed by atoms with Gasteiger partial charge in [-0.05, 0) is 48.5 Å². The van der Waals surface area contributed by atoms with Crippen LogP contribution in [0.5, 0.6) is 0 Å². The molecule has 0 atom stereocenters. The number of benzene rings is 4. The lowest BCUT2D eigenvalue weighted by molar-refractivity contribution is 1.28. The zero-order valence-corrected chi connectivity index (χ0v) is 14.6. The lowest BCUT2D eigenvalue weighted by Crippen LogP contribution is -2.09. The molecule has 0 spiro atoms. The van der Waals surface area contributed by atoms with Crippen molar-refractivity contribution in [2.24, 2.45) is 0 Å². The average molecular weight is 338 g/mol. The van der Waals surface area contributed by atoms with Crippen molar-refractivity contribution in [1.82, 2.24) is 0 Å². The predicted molar refractivity (Wildman–Crippen MR) is 112 cm³/mol. The van der Waals surface area contributed by atoms with Crippen molar-refractivity contribution in [3.63, 3.8) is 0 Å². The summed E-state index contributed by atoms with van der Waals surface area (Å²) in [5, 5.41) is 0. The molecule has 0 amide bonds. The summed E-state index contributed by atoms with van der Waals surface area (Å²) in [4.78, 5) is 2.21. The molecule has 2 heteroatoms. The van der Waals surface area contributed by atoms with Crippen LogP contribution in [0.25, 0.3) is 0 Å². The van der Waals surface area contributed by atoms with E-state index in [1.807, 2.05) is 97.1 Å². The van der Waals surface area contributed by atoms with Gasteiger partial charge in [0.25, 0.3) is 0 Å². The van der Waals surface area contributed by atoms with Gasteiger partial charge in [-0.15, -0.1) is 0 Å². The van der Waals surface area contributed by atoms with Crippen LogP contribution in [-0.2, 0) is 0 Å². The van der Waals surface area contributed by atoms with Crippen molar-refractivity contribution in [2.45, 2.75) is 0 Å². The van der Waals surface area contributed by atoms with Crippen molar-refractivity contribution in [3.8, 4) is 0 Å². The van der Waals surface area contributed by atoms with E-state index in [0.29, 0.717) is 0 Å². The minimum atomic E-state index is 0.773. The maximum atomic E-state index is 5.79. The van der Waals surface area contributed by atoms with Crippen molar-refractivity contribution in [3.05, 3.63) is 121 Å². The standard InChI is InChI=1S/C18H16N2.C6H6/c19-15-11-13-18(14-12-15)20(16-7-3-1-4-8-16)17-9-5-2-6-10-17;1-2-4-6-5-3-1/h1-14H,19H2;1-6H. The molecule has 0 aliphatic carbocycles. The molecule has 26 heavy (non-hydrogen) atoms. The van der Waals surface area contributed by atoms with Crippen molar-refractivity contribution in [2.75, 3.05) is 10.6 Å². The van der Waals surface area contributed by atoms with Crippen LogP contribution >= 0.6 is 0 Å². The van der Waals surface area contributed by atoms with Gasteiger partial charge in [-0.1, -0.05) is 72.8 Å². The minimum absolute atomic E-state index is 0.773. The Hall–Kier alpha value is -3.52. The number of para-hydroxylation sites is 2. The van der Waals surface area contributed by atoms with Gasteiger partial charge in [0.05, 0.1) is 0 Å². The van der Waals surface area contributed by atoms with Crippen LogP contribution in [0.4, 0.5) is 22.7 Å². The van der Waals surface area contributed by atoms with Crippen LogP contribution in [0.3, 0.4) is 0 Å². The summed E-state index contributed by atoms with van der Waals surface area (Å²) in [7, 11) is 0. The van der Waals surface area contributed by atoms with E-state index < -0.39 is 0 Å². The number of nitrogen functional groups attached to an aromatic ring is 1. The Morgan fingerprint density at radius 3 is 1.08 bits per heavy atom. The Morgan fingerprint density at radius 2 is 0.692 bits per heavy atom. The molecule has 4 aromatic rings. The molecule has 128 valence electrons. The van der Waals surface area contributed by atoms with E-state index in [4.69, 9.17) is 5.73 Å². The number of hydrogen-bond donors (Lipinski definition) is 1. The first kappa shape index (κ1) is 17.3. The van der Waals surface area contributed by atoms with Gasteiger partial charge in [0, 0.05) is 22.7 Å². The lowest BCUT2D eigenvalue weighted by Gasteiger charge is -2.25. The summed E-state index contributed by atoms with van der Waals surface area (Å²) >= 11 is 0. The summed E-state index contributed by atoms with van der Waals surface area (Å²) in [6.45, 7) is 0. The monoisotopic (exact) mass is 338 g/mol. The molecule has 0 heterocycles. The van der Waals surface area contributed by atoms with E-state index in [1.165, 1.54) is 0 Å². The van der Waals surface area contributed by atoms with Crippen molar-refractivity contribution < 1.29 is 0 Å². The van der Waals surface area contributed by atoms with E-state index in [0.717, 1.165) is 22.7 Å². The lowest BCUT2D eigenvalue weighted by atomic mass is 10.2. The molecule has 4 rings (SSSR count). The Kier molecular flexibility index (Phi) is 6.05. The summed E-state index contributed by atoms with van der Waals surface area (Å²) in [5.41, 5.74) is 9.91. The Bertz CT molecular complexity index is 807. The highest BCUT2D eigenvalue weighted by molar-refractivity contribution is 5.76. The molecule has 2 N–H and O–H groups in total. The van der Waals surface area contributed by atoms with E-state index in [1.54, 1.807) is 0 Å². The Labute approximate surface area is 155 Å². The quantitative estimate of drug-likeness (QED) is 0.436. The highest BCUT2D eigenvalue weighted by Crippen LogP contribution is 2.34. The predicted octanol–water partition coefficient (Wildman–Crippen LogP) is 6.43. The number of anilines is 4. The molecule has 0 saturated carbocycles. The number of hydrogen-bond acceptors (Lipinski definition) is 2. The number of rotatable bonds is 3. The molecule has 0 unspecified atom stereocenters. The Balaban J connectivity index is 0.000000278. The minimum Gasteiger partial charge on any atom is -0.399 e. The fourth-order valence-corrected chi connectivity index (χ4v) is 2.61. The molecular weight excluding hydrogens is 316 g/mol.